The molecule has 140 valence electrons. The van der Waals surface area contributed by atoms with Crippen molar-refractivity contribution >= 4 is 29.1 Å². The van der Waals surface area contributed by atoms with Crippen LogP contribution in [0.25, 0.3) is 11.3 Å². The smallest absolute Gasteiger partial charge is 0.271 e. The molecule has 9 heteroatoms. The molecule has 3 rings (SSSR count). The van der Waals surface area contributed by atoms with Crippen molar-refractivity contribution in [3.63, 3.8) is 0 Å². The minimum atomic E-state index is -0.716. The molecule has 0 atom stereocenters. The van der Waals surface area contributed by atoms with Gasteiger partial charge in [-0.15, -0.1) is 0 Å². The number of halogens is 2. The second kappa shape index (κ2) is 8.28. The van der Waals surface area contributed by atoms with Gasteiger partial charge < -0.3 is 15.2 Å². The second-order valence-electron chi connectivity index (χ2n) is 5.48. The topological polar surface area (TPSA) is 103 Å². The van der Waals surface area contributed by atoms with E-state index in [4.69, 9.17) is 38.4 Å². The van der Waals surface area contributed by atoms with E-state index in [0.717, 1.165) is 5.56 Å². The molecule has 0 bridgehead atoms. The molecule has 0 saturated carbocycles. The molecule has 3 aromatic rings. The third kappa shape index (κ3) is 4.15. The first-order valence-electron chi connectivity index (χ1n) is 8.04. The molecule has 7 nitrogen and oxygen atoms in total. The van der Waals surface area contributed by atoms with E-state index >= 15 is 0 Å². The predicted molar refractivity (Wildman–Crippen MR) is 102 cm³/mol. The first-order valence-corrected chi connectivity index (χ1v) is 8.80. The summed E-state index contributed by atoms with van der Waals surface area (Å²) < 4.78 is 11.5. The zero-order valence-electron chi connectivity index (χ0n) is 14.3. The van der Waals surface area contributed by atoms with Gasteiger partial charge in [0.1, 0.15) is 12.3 Å². The average Bonchev–Trinajstić information content (AvgIpc) is 3.12. The molecule has 0 aliphatic heterocycles. The maximum absolute atomic E-state index is 11.5. The van der Waals surface area contributed by atoms with Crippen molar-refractivity contribution in [1.29, 1.82) is 0 Å². The van der Waals surface area contributed by atoms with Crippen LogP contribution in [0.3, 0.4) is 0 Å². The van der Waals surface area contributed by atoms with Gasteiger partial charge in [-0.05, 0) is 19.1 Å². The second-order valence-corrected chi connectivity index (χ2v) is 6.29. The Labute approximate surface area is 165 Å². The van der Waals surface area contributed by atoms with E-state index in [-0.39, 0.29) is 18.0 Å². The first kappa shape index (κ1) is 19.0. The van der Waals surface area contributed by atoms with Crippen LogP contribution < -0.4 is 15.2 Å². The fourth-order valence-corrected chi connectivity index (χ4v) is 2.89. The zero-order valence-corrected chi connectivity index (χ0v) is 15.8. The van der Waals surface area contributed by atoms with Gasteiger partial charge in [0.25, 0.3) is 5.91 Å². The van der Waals surface area contributed by atoms with E-state index < -0.39 is 5.91 Å². The first-order chi connectivity index (χ1) is 13.0. The van der Waals surface area contributed by atoms with E-state index in [1.165, 1.54) is 0 Å². The normalized spacial score (nSPS) is 10.6. The molecular formula is C18H16Cl2N4O3. The number of rotatable bonds is 7. The number of nitrogens with one attached hydrogen (secondary N) is 1. The summed E-state index contributed by atoms with van der Waals surface area (Å²) in [6.45, 7) is 2.49. The summed E-state index contributed by atoms with van der Waals surface area (Å²) in [4.78, 5) is 11.5. The number of carbonyl (C=O) groups excluding carboxylic acids is 1. The lowest BCUT2D eigenvalue weighted by Gasteiger charge is -2.15. The zero-order chi connectivity index (χ0) is 19.4. The third-order valence-electron chi connectivity index (χ3n) is 3.71. The number of nitrogens with two attached hydrogens (primary N) is 1. The maximum atomic E-state index is 11.5. The highest BCUT2D eigenvalue weighted by molar-refractivity contribution is 6.33. The number of benzene rings is 2. The molecule has 0 unspecified atom stereocenters. The highest BCUT2D eigenvalue weighted by Crippen LogP contribution is 2.39. The van der Waals surface area contributed by atoms with Crippen LogP contribution in [-0.4, -0.2) is 27.9 Å². The number of aromatic amines is 1. The van der Waals surface area contributed by atoms with Gasteiger partial charge >= 0.3 is 0 Å². The number of carbonyl (C=O) groups is 1. The molecule has 27 heavy (non-hydrogen) atoms. The number of hydrogen-bond acceptors (Lipinski definition) is 5. The van der Waals surface area contributed by atoms with Crippen molar-refractivity contribution in [3.05, 3.63) is 57.7 Å². The Balaban J connectivity index is 1.96. The van der Waals surface area contributed by atoms with Crippen LogP contribution in [0, 0.1) is 0 Å². The number of H-pyrrole nitrogens is 1. The average molecular weight is 407 g/mol. The van der Waals surface area contributed by atoms with Crippen LogP contribution in [0.5, 0.6) is 11.5 Å². The van der Waals surface area contributed by atoms with Gasteiger partial charge in [0, 0.05) is 22.2 Å². The van der Waals surface area contributed by atoms with Gasteiger partial charge in [-0.25, -0.2) is 0 Å². The Morgan fingerprint density at radius 2 is 1.85 bits per heavy atom. The van der Waals surface area contributed by atoms with Gasteiger partial charge in [0.2, 0.25) is 0 Å². The standard InChI is InChI=1S/C18H16Cl2N4O3/c1-2-26-14-7-11(16-17(18(21)25)23-24-22-16)13(20)8-15(14)27-9-10-5-3-4-6-12(10)19/h3-8H,2,9H2,1H3,(H2,21,25)(H,22,23,24). The number of nitrogens with zero attached hydrogens (tertiary/aromatic N) is 2. The van der Waals surface area contributed by atoms with Crippen molar-refractivity contribution in [1.82, 2.24) is 15.4 Å². The van der Waals surface area contributed by atoms with E-state index in [1.54, 1.807) is 18.2 Å². The Bertz CT molecular complexity index is 975. The molecule has 0 aliphatic rings. The van der Waals surface area contributed by atoms with Crippen LogP contribution in [0.4, 0.5) is 0 Å². The minimum absolute atomic E-state index is 0.0101. The molecule has 3 N–H and O–H groups in total. The number of hydrogen-bond donors (Lipinski definition) is 2. The Kier molecular flexibility index (Phi) is 5.83. The molecule has 0 saturated heterocycles. The van der Waals surface area contributed by atoms with Crippen LogP contribution in [0.2, 0.25) is 10.0 Å². The minimum Gasteiger partial charge on any atom is -0.490 e. The summed E-state index contributed by atoms with van der Waals surface area (Å²) >= 11 is 12.6. The molecule has 1 aromatic heterocycles. The molecule has 0 radical (unpaired) electrons. The van der Waals surface area contributed by atoms with Gasteiger partial charge in [0.15, 0.2) is 17.2 Å². The van der Waals surface area contributed by atoms with Crippen molar-refractivity contribution in [2.75, 3.05) is 6.61 Å². The summed E-state index contributed by atoms with van der Waals surface area (Å²) in [6.07, 6.45) is 0. The summed E-state index contributed by atoms with van der Waals surface area (Å²) in [5.41, 5.74) is 6.84. The lowest BCUT2D eigenvalue weighted by molar-refractivity contribution is 0.0996. The Morgan fingerprint density at radius 1 is 1.11 bits per heavy atom. The molecular weight excluding hydrogens is 391 g/mol. The molecule has 1 heterocycles. The largest absolute Gasteiger partial charge is 0.490 e. The lowest BCUT2D eigenvalue weighted by atomic mass is 10.1. The lowest BCUT2D eigenvalue weighted by Crippen LogP contribution is -2.13. The summed E-state index contributed by atoms with van der Waals surface area (Å²) in [5, 5.41) is 11.0. The van der Waals surface area contributed by atoms with Crippen LogP contribution in [0.15, 0.2) is 36.4 Å². The highest BCUT2D eigenvalue weighted by atomic mass is 35.5. The van der Waals surface area contributed by atoms with Crippen molar-refractivity contribution in [2.45, 2.75) is 13.5 Å². The number of primary amides is 1. The van der Waals surface area contributed by atoms with E-state index in [0.29, 0.717) is 33.7 Å². The summed E-state index contributed by atoms with van der Waals surface area (Å²) in [7, 11) is 0. The molecule has 2 aromatic carbocycles. The fraction of sp³-hybridized carbons (Fsp3) is 0.167. The van der Waals surface area contributed by atoms with Crippen LogP contribution in [0.1, 0.15) is 23.0 Å². The number of amides is 1. The van der Waals surface area contributed by atoms with Gasteiger partial charge in [0.05, 0.1) is 11.6 Å². The third-order valence-corrected chi connectivity index (χ3v) is 4.39. The van der Waals surface area contributed by atoms with Crippen molar-refractivity contribution in [3.8, 4) is 22.8 Å². The summed E-state index contributed by atoms with van der Waals surface area (Å²) in [5.74, 6) is 0.170. The molecule has 0 aliphatic carbocycles. The molecule has 1 amide bonds. The van der Waals surface area contributed by atoms with Crippen LogP contribution >= 0.6 is 23.2 Å². The van der Waals surface area contributed by atoms with Gasteiger partial charge in [-0.2, -0.15) is 15.4 Å². The highest BCUT2D eigenvalue weighted by Gasteiger charge is 2.20. The fourth-order valence-electron chi connectivity index (χ4n) is 2.46. The van der Waals surface area contributed by atoms with E-state index in [9.17, 15) is 4.79 Å². The van der Waals surface area contributed by atoms with Gasteiger partial charge in [-0.1, -0.05) is 41.4 Å². The monoisotopic (exact) mass is 406 g/mol. The van der Waals surface area contributed by atoms with E-state index in [2.05, 4.69) is 15.4 Å². The summed E-state index contributed by atoms with van der Waals surface area (Å²) in [6, 6.07) is 10.6. The van der Waals surface area contributed by atoms with Gasteiger partial charge in [-0.3, -0.25) is 4.79 Å². The number of ether oxygens (including phenoxy) is 2. The maximum Gasteiger partial charge on any atom is 0.271 e. The number of aromatic nitrogens is 3. The van der Waals surface area contributed by atoms with Crippen molar-refractivity contribution in [2.24, 2.45) is 5.73 Å². The Morgan fingerprint density at radius 3 is 2.56 bits per heavy atom. The van der Waals surface area contributed by atoms with E-state index in [1.807, 2.05) is 25.1 Å². The SMILES string of the molecule is CCOc1cc(-c2n[nH]nc2C(N)=O)c(Cl)cc1OCc1ccccc1Cl. The van der Waals surface area contributed by atoms with Crippen molar-refractivity contribution < 1.29 is 14.3 Å². The Hall–Kier alpha value is -2.77. The van der Waals surface area contributed by atoms with Crippen LogP contribution in [-0.2, 0) is 6.61 Å². The molecule has 0 fully saturated rings. The molecule has 0 spiro atoms. The quantitative estimate of drug-likeness (QED) is 0.619. The predicted octanol–water partition coefficient (Wildman–Crippen LogP) is 3.86.